The number of hydrogen-bond donors (Lipinski definition) is 1. The summed E-state index contributed by atoms with van der Waals surface area (Å²) in [6, 6.07) is 0.527. The number of nitrogens with one attached hydrogen (secondary N) is 1. The molecule has 0 radical (unpaired) electrons. The summed E-state index contributed by atoms with van der Waals surface area (Å²) in [5, 5.41) is 3.55. The molecule has 0 aliphatic heterocycles. The second-order valence-electron chi connectivity index (χ2n) is 4.22. The van der Waals surface area contributed by atoms with Gasteiger partial charge in [-0.15, -0.1) is 11.3 Å². The second kappa shape index (κ2) is 8.71. The van der Waals surface area contributed by atoms with Gasteiger partial charge in [-0.1, -0.05) is 46.0 Å². The quantitative estimate of drug-likeness (QED) is 0.656. The molecule has 16 heavy (non-hydrogen) atoms. The lowest BCUT2D eigenvalue weighted by atomic mass is 10.1. The molecule has 1 rings (SSSR count). The van der Waals surface area contributed by atoms with E-state index in [0.717, 1.165) is 6.54 Å². The molecule has 0 spiro atoms. The molecular weight excluding hydrogens is 216 g/mol. The molecule has 0 aliphatic carbocycles. The smallest absolute Gasteiger partial charge is 0.0794 e. The Balaban J connectivity index is 2.24. The molecule has 1 N–H and O–H groups in total. The van der Waals surface area contributed by atoms with Gasteiger partial charge in [-0.3, -0.25) is 4.98 Å². The van der Waals surface area contributed by atoms with Crippen LogP contribution in [0.2, 0.25) is 0 Å². The summed E-state index contributed by atoms with van der Waals surface area (Å²) in [7, 11) is 0. The van der Waals surface area contributed by atoms with E-state index in [-0.39, 0.29) is 0 Å². The van der Waals surface area contributed by atoms with Gasteiger partial charge in [-0.25, -0.2) is 0 Å². The third kappa shape index (κ3) is 5.08. The molecular formula is C13H24N2S. The van der Waals surface area contributed by atoms with Crippen molar-refractivity contribution in [1.82, 2.24) is 10.3 Å². The van der Waals surface area contributed by atoms with E-state index in [1.807, 2.05) is 11.7 Å². The van der Waals surface area contributed by atoms with Gasteiger partial charge < -0.3 is 5.32 Å². The lowest BCUT2D eigenvalue weighted by Crippen LogP contribution is -2.19. The van der Waals surface area contributed by atoms with Crippen LogP contribution in [-0.4, -0.2) is 11.5 Å². The third-order valence-corrected chi connectivity index (χ3v) is 3.73. The molecule has 1 atom stereocenters. The van der Waals surface area contributed by atoms with Crippen LogP contribution in [0.25, 0.3) is 0 Å². The molecule has 0 saturated carbocycles. The Hall–Kier alpha value is -0.410. The Bertz CT molecular complexity index is 246. The SMILES string of the molecule is CCCCCCCC(NCC)c1cncs1. The number of rotatable bonds is 9. The molecule has 0 fully saturated rings. The maximum absolute atomic E-state index is 4.16. The van der Waals surface area contributed by atoms with E-state index in [2.05, 4.69) is 24.1 Å². The van der Waals surface area contributed by atoms with Crippen molar-refractivity contribution in [1.29, 1.82) is 0 Å². The molecule has 1 heterocycles. The Morgan fingerprint density at radius 2 is 2.06 bits per heavy atom. The zero-order chi connectivity index (χ0) is 11.6. The molecule has 0 saturated heterocycles. The molecule has 2 nitrogen and oxygen atoms in total. The van der Waals surface area contributed by atoms with Crippen molar-refractivity contribution in [2.24, 2.45) is 0 Å². The van der Waals surface area contributed by atoms with Crippen LogP contribution in [0.1, 0.15) is 63.3 Å². The maximum Gasteiger partial charge on any atom is 0.0794 e. The minimum Gasteiger partial charge on any atom is -0.309 e. The van der Waals surface area contributed by atoms with Crippen molar-refractivity contribution < 1.29 is 0 Å². The van der Waals surface area contributed by atoms with Crippen LogP contribution in [0.3, 0.4) is 0 Å². The van der Waals surface area contributed by atoms with E-state index in [0.29, 0.717) is 6.04 Å². The Morgan fingerprint density at radius 1 is 1.25 bits per heavy atom. The van der Waals surface area contributed by atoms with Crippen molar-refractivity contribution in [3.05, 3.63) is 16.6 Å². The number of aromatic nitrogens is 1. The zero-order valence-electron chi connectivity index (χ0n) is 10.5. The van der Waals surface area contributed by atoms with Crippen molar-refractivity contribution >= 4 is 11.3 Å². The van der Waals surface area contributed by atoms with Crippen LogP contribution >= 0.6 is 11.3 Å². The minimum atomic E-state index is 0.527. The average Bonchev–Trinajstić information content (AvgIpc) is 2.81. The van der Waals surface area contributed by atoms with Crippen molar-refractivity contribution in [3.63, 3.8) is 0 Å². The summed E-state index contributed by atoms with van der Waals surface area (Å²) in [6.45, 7) is 5.47. The highest BCUT2D eigenvalue weighted by Crippen LogP contribution is 2.23. The fraction of sp³-hybridized carbons (Fsp3) is 0.769. The summed E-state index contributed by atoms with van der Waals surface area (Å²) >= 11 is 1.77. The summed E-state index contributed by atoms with van der Waals surface area (Å²) in [6.07, 6.45) is 10.0. The number of nitrogens with zero attached hydrogens (tertiary/aromatic N) is 1. The largest absolute Gasteiger partial charge is 0.309 e. The fourth-order valence-corrected chi connectivity index (χ4v) is 2.67. The lowest BCUT2D eigenvalue weighted by Gasteiger charge is -2.15. The first-order valence-electron chi connectivity index (χ1n) is 6.50. The Labute approximate surface area is 103 Å². The van der Waals surface area contributed by atoms with Gasteiger partial charge in [-0.05, 0) is 13.0 Å². The highest BCUT2D eigenvalue weighted by molar-refractivity contribution is 7.09. The lowest BCUT2D eigenvalue weighted by molar-refractivity contribution is 0.484. The van der Waals surface area contributed by atoms with Crippen molar-refractivity contribution in [2.45, 2.75) is 58.4 Å². The maximum atomic E-state index is 4.16. The van der Waals surface area contributed by atoms with E-state index < -0.39 is 0 Å². The van der Waals surface area contributed by atoms with Gasteiger partial charge in [0.1, 0.15) is 0 Å². The molecule has 0 bridgehead atoms. The number of hydrogen-bond acceptors (Lipinski definition) is 3. The number of thiazole rings is 1. The van der Waals surface area contributed by atoms with Crippen LogP contribution in [-0.2, 0) is 0 Å². The van der Waals surface area contributed by atoms with E-state index in [9.17, 15) is 0 Å². The van der Waals surface area contributed by atoms with Gasteiger partial charge in [0, 0.05) is 17.1 Å². The normalized spacial score (nSPS) is 12.9. The highest BCUT2D eigenvalue weighted by Gasteiger charge is 2.10. The minimum absolute atomic E-state index is 0.527. The van der Waals surface area contributed by atoms with Gasteiger partial charge in [-0.2, -0.15) is 0 Å². The summed E-state index contributed by atoms with van der Waals surface area (Å²) < 4.78 is 0. The summed E-state index contributed by atoms with van der Waals surface area (Å²) in [5.74, 6) is 0. The van der Waals surface area contributed by atoms with Crippen LogP contribution in [0, 0.1) is 0 Å². The molecule has 0 aromatic carbocycles. The second-order valence-corrected chi connectivity index (χ2v) is 5.13. The molecule has 0 amide bonds. The van der Waals surface area contributed by atoms with E-state index in [1.54, 1.807) is 11.3 Å². The molecule has 0 aliphatic rings. The number of unbranched alkanes of at least 4 members (excludes halogenated alkanes) is 4. The molecule has 92 valence electrons. The van der Waals surface area contributed by atoms with Crippen LogP contribution in [0.4, 0.5) is 0 Å². The van der Waals surface area contributed by atoms with Gasteiger partial charge in [0.15, 0.2) is 0 Å². The third-order valence-electron chi connectivity index (χ3n) is 2.84. The van der Waals surface area contributed by atoms with E-state index in [4.69, 9.17) is 0 Å². The topological polar surface area (TPSA) is 24.9 Å². The first kappa shape index (κ1) is 13.7. The fourth-order valence-electron chi connectivity index (χ4n) is 1.94. The molecule has 1 aromatic heterocycles. The predicted molar refractivity (Wildman–Crippen MR) is 71.9 cm³/mol. The average molecular weight is 240 g/mol. The summed E-state index contributed by atoms with van der Waals surface area (Å²) in [4.78, 5) is 5.55. The van der Waals surface area contributed by atoms with E-state index >= 15 is 0 Å². The van der Waals surface area contributed by atoms with E-state index in [1.165, 1.54) is 43.4 Å². The van der Waals surface area contributed by atoms with Gasteiger partial charge in [0.2, 0.25) is 0 Å². The van der Waals surface area contributed by atoms with Crippen LogP contribution < -0.4 is 5.32 Å². The van der Waals surface area contributed by atoms with Crippen molar-refractivity contribution in [3.8, 4) is 0 Å². The van der Waals surface area contributed by atoms with Crippen LogP contribution in [0.5, 0.6) is 0 Å². The van der Waals surface area contributed by atoms with Gasteiger partial charge in [0.05, 0.1) is 5.51 Å². The van der Waals surface area contributed by atoms with Gasteiger partial charge in [0.25, 0.3) is 0 Å². The Kier molecular flexibility index (Phi) is 7.43. The highest BCUT2D eigenvalue weighted by atomic mass is 32.1. The first-order valence-corrected chi connectivity index (χ1v) is 7.38. The molecule has 1 aromatic rings. The monoisotopic (exact) mass is 240 g/mol. The standard InChI is InChI=1S/C13H24N2S/c1-3-5-6-7-8-9-12(15-4-2)13-10-14-11-16-13/h10-12,15H,3-9H2,1-2H3. The summed E-state index contributed by atoms with van der Waals surface area (Å²) in [5.41, 5.74) is 1.93. The zero-order valence-corrected chi connectivity index (χ0v) is 11.4. The van der Waals surface area contributed by atoms with Crippen molar-refractivity contribution in [2.75, 3.05) is 6.54 Å². The predicted octanol–water partition coefficient (Wildman–Crippen LogP) is 4.15. The van der Waals surface area contributed by atoms with Crippen LogP contribution in [0.15, 0.2) is 11.7 Å². The molecule has 1 unspecified atom stereocenters. The first-order chi connectivity index (χ1) is 7.88. The Morgan fingerprint density at radius 3 is 2.69 bits per heavy atom. The molecule has 3 heteroatoms. The van der Waals surface area contributed by atoms with Gasteiger partial charge >= 0.3 is 0 Å².